The van der Waals surface area contributed by atoms with Gasteiger partial charge in [0.2, 0.25) is 0 Å². The van der Waals surface area contributed by atoms with E-state index in [1.807, 2.05) is 4.90 Å². The van der Waals surface area contributed by atoms with Crippen molar-refractivity contribution in [3.05, 3.63) is 51.2 Å². The van der Waals surface area contributed by atoms with Gasteiger partial charge in [0.25, 0.3) is 11.1 Å². The number of piperidine rings is 1. The van der Waals surface area contributed by atoms with Crippen molar-refractivity contribution in [2.45, 2.75) is 44.4 Å². The van der Waals surface area contributed by atoms with Gasteiger partial charge in [0, 0.05) is 44.1 Å². The molecule has 0 spiro atoms. The van der Waals surface area contributed by atoms with Gasteiger partial charge in [0.1, 0.15) is 0 Å². The summed E-state index contributed by atoms with van der Waals surface area (Å²) in [4.78, 5) is 34.1. The van der Waals surface area contributed by atoms with Crippen molar-refractivity contribution in [2.75, 3.05) is 18.0 Å². The molecule has 0 bridgehead atoms. The standard InChI is InChI=1S/C18H20F3N5O2/c19-18(20,21)14-9-15(27)25(11-23-14)10-12-3-6-24(7-4-12)16-17(28)26(8-5-22-16)13-1-2-13/h5,8-9,11-13H,1-4,6-7,10H2. The molecule has 0 aromatic carbocycles. The summed E-state index contributed by atoms with van der Waals surface area (Å²) in [5, 5.41) is 0. The normalized spacial score (nSPS) is 18.5. The molecule has 10 heteroatoms. The number of halogens is 3. The molecule has 150 valence electrons. The van der Waals surface area contributed by atoms with Gasteiger partial charge in [0.15, 0.2) is 11.5 Å². The maximum absolute atomic E-state index is 12.6. The van der Waals surface area contributed by atoms with Crippen LogP contribution < -0.4 is 16.0 Å². The van der Waals surface area contributed by atoms with E-state index >= 15 is 0 Å². The highest BCUT2D eigenvalue weighted by Gasteiger charge is 2.33. The predicted octanol–water partition coefficient (Wildman–Crippen LogP) is 2.07. The molecule has 28 heavy (non-hydrogen) atoms. The molecule has 0 unspecified atom stereocenters. The Morgan fingerprint density at radius 2 is 1.79 bits per heavy atom. The van der Waals surface area contributed by atoms with Gasteiger partial charge in [-0.05, 0) is 31.6 Å². The Labute approximate surface area is 158 Å². The molecule has 4 rings (SSSR count). The van der Waals surface area contributed by atoms with Crippen LogP contribution in [0.3, 0.4) is 0 Å². The first-order valence-electron chi connectivity index (χ1n) is 9.28. The molecule has 2 fully saturated rings. The fourth-order valence-electron chi connectivity index (χ4n) is 3.59. The lowest BCUT2D eigenvalue weighted by Crippen LogP contribution is -2.40. The SMILES string of the molecule is O=c1cc(C(F)(F)F)ncn1CC1CCN(c2nccn(C3CC3)c2=O)CC1. The summed E-state index contributed by atoms with van der Waals surface area (Å²) < 4.78 is 40.8. The first-order chi connectivity index (χ1) is 13.3. The van der Waals surface area contributed by atoms with Crippen molar-refractivity contribution in [1.29, 1.82) is 0 Å². The second-order valence-corrected chi connectivity index (χ2v) is 7.39. The minimum Gasteiger partial charge on any atom is -0.352 e. The maximum atomic E-state index is 12.6. The fourth-order valence-corrected chi connectivity index (χ4v) is 3.59. The predicted molar refractivity (Wildman–Crippen MR) is 95.2 cm³/mol. The lowest BCUT2D eigenvalue weighted by molar-refractivity contribution is -0.141. The minimum absolute atomic E-state index is 0.0772. The van der Waals surface area contributed by atoms with Crippen LogP contribution in [0, 0.1) is 5.92 Å². The highest BCUT2D eigenvalue weighted by Crippen LogP contribution is 2.33. The van der Waals surface area contributed by atoms with Gasteiger partial charge in [-0.25, -0.2) is 9.97 Å². The van der Waals surface area contributed by atoms with Gasteiger partial charge in [-0.1, -0.05) is 0 Å². The van der Waals surface area contributed by atoms with E-state index in [0.29, 0.717) is 44.4 Å². The second-order valence-electron chi connectivity index (χ2n) is 7.39. The number of hydrogen-bond acceptors (Lipinski definition) is 5. The van der Waals surface area contributed by atoms with Crippen molar-refractivity contribution in [2.24, 2.45) is 5.92 Å². The summed E-state index contributed by atoms with van der Waals surface area (Å²) in [6.07, 6.45) is 3.17. The van der Waals surface area contributed by atoms with E-state index in [-0.39, 0.29) is 17.5 Å². The number of rotatable bonds is 4. The van der Waals surface area contributed by atoms with Crippen LogP contribution in [0.1, 0.15) is 37.4 Å². The lowest BCUT2D eigenvalue weighted by atomic mass is 9.96. The molecule has 1 aliphatic heterocycles. The molecule has 3 heterocycles. The van der Waals surface area contributed by atoms with Crippen LogP contribution in [0.15, 0.2) is 34.4 Å². The Morgan fingerprint density at radius 3 is 2.39 bits per heavy atom. The van der Waals surface area contributed by atoms with E-state index in [1.54, 1.807) is 17.0 Å². The maximum Gasteiger partial charge on any atom is 0.433 e. The minimum atomic E-state index is -4.63. The van der Waals surface area contributed by atoms with Crippen LogP contribution >= 0.6 is 0 Å². The average molecular weight is 395 g/mol. The average Bonchev–Trinajstić information content (AvgIpc) is 3.48. The number of hydrogen-bond donors (Lipinski definition) is 0. The quantitative estimate of drug-likeness (QED) is 0.793. The summed E-state index contributed by atoms with van der Waals surface area (Å²) in [6, 6.07) is 0.814. The topological polar surface area (TPSA) is 73.0 Å². The van der Waals surface area contributed by atoms with Gasteiger partial charge < -0.3 is 9.47 Å². The summed E-state index contributed by atoms with van der Waals surface area (Å²) in [6.45, 7) is 1.54. The molecule has 0 amide bonds. The zero-order chi connectivity index (χ0) is 19.9. The van der Waals surface area contributed by atoms with E-state index in [1.165, 1.54) is 4.57 Å². The molecule has 1 aliphatic carbocycles. The van der Waals surface area contributed by atoms with E-state index in [2.05, 4.69) is 9.97 Å². The Hall–Kier alpha value is -2.65. The first kappa shape index (κ1) is 18.7. The zero-order valence-electron chi connectivity index (χ0n) is 15.1. The number of nitrogens with zero attached hydrogens (tertiary/aromatic N) is 5. The molecule has 1 saturated heterocycles. The number of anilines is 1. The second kappa shape index (κ2) is 7.06. The number of aromatic nitrogens is 4. The van der Waals surface area contributed by atoms with Crippen molar-refractivity contribution >= 4 is 5.82 Å². The lowest BCUT2D eigenvalue weighted by Gasteiger charge is -2.32. The third-order valence-electron chi connectivity index (χ3n) is 5.33. The molecular weight excluding hydrogens is 375 g/mol. The first-order valence-corrected chi connectivity index (χ1v) is 9.28. The molecule has 0 N–H and O–H groups in total. The molecule has 1 saturated carbocycles. The molecule has 2 aromatic heterocycles. The Kier molecular flexibility index (Phi) is 4.72. The molecule has 2 aliphatic rings. The highest BCUT2D eigenvalue weighted by atomic mass is 19.4. The summed E-state index contributed by atoms with van der Waals surface area (Å²) in [5.74, 6) is 0.572. The van der Waals surface area contributed by atoms with Gasteiger partial charge in [-0.2, -0.15) is 13.2 Å². The van der Waals surface area contributed by atoms with Crippen molar-refractivity contribution in [1.82, 2.24) is 19.1 Å². The van der Waals surface area contributed by atoms with E-state index in [4.69, 9.17) is 0 Å². The van der Waals surface area contributed by atoms with Crippen molar-refractivity contribution in [3.8, 4) is 0 Å². The van der Waals surface area contributed by atoms with Gasteiger partial charge >= 0.3 is 6.18 Å². The Balaban J connectivity index is 1.41. The molecule has 0 radical (unpaired) electrons. The molecular formula is C18H20F3N5O2. The highest BCUT2D eigenvalue weighted by molar-refractivity contribution is 5.36. The number of alkyl halides is 3. The van der Waals surface area contributed by atoms with E-state index < -0.39 is 17.4 Å². The van der Waals surface area contributed by atoms with Crippen LogP contribution in [-0.2, 0) is 12.7 Å². The Bertz CT molecular complexity index is 972. The Morgan fingerprint density at radius 1 is 1.07 bits per heavy atom. The van der Waals surface area contributed by atoms with Gasteiger partial charge in [0.05, 0.1) is 6.33 Å². The van der Waals surface area contributed by atoms with Crippen LogP contribution in [0.4, 0.5) is 19.0 Å². The van der Waals surface area contributed by atoms with E-state index in [9.17, 15) is 22.8 Å². The third kappa shape index (κ3) is 3.81. The van der Waals surface area contributed by atoms with Gasteiger partial charge in [-0.15, -0.1) is 0 Å². The van der Waals surface area contributed by atoms with Crippen LogP contribution in [0.2, 0.25) is 0 Å². The van der Waals surface area contributed by atoms with Crippen LogP contribution in [0.5, 0.6) is 0 Å². The summed E-state index contributed by atoms with van der Waals surface area (Å²) in [5.41, 5.74) is -1.96. The monoisotopic (exact) mass is 395 g/mol. The van der Waals surface area contributed by atoms with E-state index in [0.717, 1.165) is 19.2 Å². The molecule has 2 aromatic rings. The van der Waals surface area contributed by atoms with Crippen molar-refractivity contribution in [3.63, 3.8) is 0 Å². The summed E-state index contributed by atoms with van der Waals surface area (Å²) in [7, 11) is 0. The summed E-state index contributed by atoms with van der Waals surface area (Å²) >= 11 is 0. The van der Waals surface area contributed by atoms with Crippen LogP contribution in [0.25, 0.3) is 0 Å². The largest absolute Gasteiger partial charge is 0.433 e. The molecule has 7 nitrogen and oxygen atoms in total. The molecule has 0 atom stereocenters. The van der Waals surface area contributed by atoms with Gasteiger partial charge in [-0.3, -0.25) is 14.2 Å². The zero-order valence-corrected chi connectivity index (χ0v) is 15.1. The third-order valence-corrected chi connectivity index (χ3v) is 5.33. The van der Waals surface area contributed by atoms with Crippen LogP contribution in [-0.4, -0.2) is 32.2 Å². The fraction of sp³-hybridized carbons (Fsp3) is 0.556. The van der Waals surface area contributed by atoms with Crippen molar-refractivity contribution < 1.29 is 13.2 Å². The smallest absolute Gasteiger partial charge is 0.352 e.